The summed E-state index contributed by atoms with van der Waals surface area (Å²) in [5.74, 6) is -0.974. The third-order valence-electron chi connectivity index (χ3n) is 2.14. The molecular formula is C11H14Cl2N2O3. The number of anilines is 1. The fraction of sp³-hybridized carbons (Fsp3) is 0.273. The monoisotopic (exact) mass is 292 g/mol. The third-order valence-corrected chi connectivity index (χ3v) is 2.45. The molecule has 0 saturated heterocycles. The predicted molar refractivity (Wildman–Crippen MR) is 72.1 cm³/mol. The number of carbonyl (C=O) groups excluding carboxylic acids is 2. The maximum absolute atomic E-state index is 11.8. The summed E-state index contributed by atoms with van der Waals surface area (Å²) in [6, 6.07) is 3.79. The van der Waals surface area contributed by atoms with Gasteiger partial charge in [-0.1, -0.05) is 11.6 Å². The molecule has 1 rings (SSSR count). The number of benzene rings is 1. The minimum Gasteiger partial charge on any atom is -0.467 e. The highest BCUT2D eigenvalue weighted by Gasteiger charge is 2.18. The number of amides is 1. The second-order valence-electron chi connectivity index (χ2n) is 3.46. The molecule has 0 fully saturated rings. The van der Waals surface area contributed by atoms with Crippen LogP contribution in [0.1, 0.15) is 17.3 Å². The number of hydrogen-bond donors (Lipinski definition) is 2. The average Bonchev–Trinajstić information content (AvgIpc) is 2.27. The Balaban J connectivity index is 0.00000289. The fourth-order valence-corrected chi connectivity index (χ4v) is 1.50. The molecule has 5 nitrogen and oxygen atoms in total. The highest BCUT2D eigenvalue weighted by Crippen LogP contribution is 2.19. The van der Waals surface area contributed by atoms with Crippen LogP contribution in [-0.4, -0.2) is 25.0 Å². The molecule has 0 aliphatic carbocycles. The van der Waals surface area contributed by atoms with Gasteiger partial charge in [-0.3, -0.25) is 4.79 Å². The number of carbonyl (C=O) groups is 2. The normalized spacial score (nSPS) is 11.1. The van der Waals surface area contributed by atoms with E-state index in [2.05, 4.69) is 10.1 Å². The first kappa shape index (κ1) is 16.5. The van der Waals surface area contributed by atoms with E-state index < -0.39 is 17.9 Å². The van der Waals surface area contributed by atoms with E-state index in [1.54, 1.807) is 6.07 Å². The molecule has 0 bridgehead atoms. The predicted octanol–water partition coefficient (Wildman–Crippen LogP) is 1.64. The largest absolute Gasteiger partial charge is 0.467 e. The SMILES string of the molecule is COC(=O)C(C)NC(=O)c1ccc(N)cc1Cl.Cl. The summed E-state index contributed by atoms with van der Waals surface area (Å²) in [4.78, 5) is 22.9. The maximum atomic E-state index is 11.8. The van der Waals surface area contributed by atoms with Crippen molar-refractivity contribution >= 4 is 41.6 Å². The quantitative estimate of drug-likeness (QED) is 0.655. The Hall–Kier alpha value is -1.46. The van der Waals surface area contributed by atoms with E-state index in [1.165, 1.54) is 26.2 Å². The molecule has 0 heterocycles. The lowest BCUT2D eigenvalue weighted by atomic mass is 10.2. The molecule has 1 aromatic rings. The van der Waals surface area contributed by atoms with Crippen LogP contribution in [0.25, 0.3) is 0 Å². The molecule has 1 amide bonds. The first-order valence-corrected chi connectivity index (χ1v) is 5.27. The molecule has 18 heavy (non-hydrogen) atoms. The zero-order chi connectivity index (χ0) is 13.0. The molecule has 0 saturated carbocycles. The lowest BCUT2D eigenvalue weighted by molar-refractivity contribution is -0.142. The molecule has 100 valence electrons. The molecule has 0 aromatic heterocycles. The van der Waals surface area contributed by atoms with E-state index in [0.717, 1.165) is 0 Å². The van der Waals surface area contributed by atoms with Gasteiger partial charge < -0.3 is 15.8 Å². The average molecular weight is 293 g/mol. The minimum atomic E-state index is -0.735. The first-order chi connectivity index (χ1) is 7.95. The highest BCUT2D eigenvalue weighted by molar-refractivity contribution is 6.34. The molecule has 3 N–H and O–H groups in total. The first-order valence-electron chi connectivity index (χ1n) is 4.89. The molecule has 0 radical (unpaired) electrons. The summed E-state index contributed by atoms with van der Waals surface area (Å²) in [6.07, 6.45) is 0. The van der Waals surface area contributed by atoms with Crippen molar-refractivity contribution in [1.82, 2.24) is 5.32 Å². The zero-order valence-electron chi connectivity index (χ0n) is 9.90. The van der Waals surface area contributed by atoms with E-state index in [4.69, 9.17) is 17.3 Å². The van der Waals surface area contributed by atoms with Gasteiger partial charge >= 0.3 is 5.97 Å². The third kappa shape index (κ3) is 4.09. The summed E-state index contributed by atoms with van der Waals surface area (Å²) in [7, 11) is 1.25. The molecule has 1 atom stereocenters. The Morgan fingerprint density at radius 3 is 2.56 bits per heavy atom. The van der Waals surface area contributed by atoms with Crippen LogP contribution >= 0.6 is 24.0 Å². The number of esters is 1. The summed E-state index contributed by atoms with van der Waals surface area (Å²) >= 11 is 5.86. The van der Waals surface area contributed by atoms with Gasteiger partial charge in [-0.15, -0.1) is 12.4 Å². The Morgan fingerprint density at radius 2 is 2.06 bits per heavy atom. The van der Waals surface area contributed by atoms with E-state index in [9.17, 15) is 9.59 Å². The van der Waals surface area contributed by atoms with Crippen LogP contribution in [0.15, 0.2) is 18.2 Å². The fourth-order valence-electron chi connectivity index (χ4n) is 1.23. The van der Waals surface area contributed by atoms with Crippen LogP contribution < -0.4 is 11.1 Å². The van der Waals surface area contributed by atoms with Gasteiger partial charge in [-0.05, 0) is 25.1 Å². The van der Waals surface area contributed by atoms with Gasteiger partial charge in [0.15, 0.2) is 0 Å². The summed E-state index contributed by atoms with van der Waals surface area (Å²) in [6.45, 7) is 1.52. The van der Waals surface area contributed by atoms with Crippen molar-refractivity contribution in [3.8, 4) is 0 Å². The Labute approximate surface area is 116 Å². The molecule has 0 aliphatic rings. The van der Waals surface area contributed by atoms with Gasteiger partial charge in [-0.2, -0.15) is 0 Å². The Bertz CT molecular complexity index is 452. The van der Waals surface area contributed by atoms with Gasteiger partial charge in [0, 0.05) is 5.69 Å². The highest BCUT2D eigenvalue weighted by atomic mass is 35.5. The number of ether oxygens (including phenoxy) is 1. The molecule has 1 unspecified atom stereocenters. The van der Waals surface area contributed by atoms with Crippen LogP contribution in [0.4, 0.5) is 5.69 Å². The van der Waals surface area contributed by atoms with Crippen LogP contribution in [0.5, 0.6) is 0 Å². The van der Waals surface area contributed by atoms with E-state index >= 15 is 0 Å². The number of nitrogens with two attached hydrogens (primary N) is 1. The van der Waals surface area contributed by atoms with Crippen molar-refractivity contribution in [2.24, 2.45) is 0 Å². The van der Waals surface area contributed by atoms with Crippen LogP contribution in [-0.2, 0) is 9.53 Å². The standard InChI is InChI=1S/C11H13ClN2O3.ClH/c1-6(11(16)17-2)14-10(15)8-4-3-7(13)5-9(8)12;/h3-6H,13H2,1-2H3,(H,14,15);1H. The van der Waals surface area contributed by atoms with Crippen LogP contribution in [0.2, 0.25) is 5.02 Å². The van der Waals surface area contributed by atoms with Gasteiger partial charge in [0.2, 0.25) is 0 Å². The number of methoxy groups -OCH3 is 1. The van der Waals surface area contributed by atoms with Gasteiger partial charge in [0.1, 0.15) is 6.04 Å². The minimum absolute atomic E-state index is 0. The lowest BCUT2D eigenvalue weighted by Crippen LogP contribution is -2.39. The smallest absolute Gasteiger partial charge is 0.328 e. The van der Waals surface area contributed by atoms with Crippen LogP contribution in [0.3, 0.4) is 0 Å². The number of halogens is 2. The molecule has 0 spiro atoms. The molecule has 0 aliphatic heterocycles. The van der Waals surface area contributed by atoms with Crippen molar-refractivity contribution < 1.29 is 14.3 Å². The van der Waals surface area contributed by atoms with Gasteiger partial charge in [-0.25, -0.2) is 4.79 Å². The second-order valence-corrected chi connectivity index (χ2v) is 3.86. The number of rotatable bonds is 3. The number of hydrogen-bond acceptors (Lipinski definition) is 4. The van der Waals surface area contributed by atoms with Crippen molar-refractivity contribution in [3.05, 3.63) is 28.8 Å². The summed E-state index contributed by atoms with van der Waals surface area (Å²) < 4.78 is 4.49. The van der Waals surface area contributed by atoms with Gasteiger partial charge in [0.25, 0.3) is 5.91 Å². The lowest BCUT2D eigenvalue weighted by Gasteiger charge is -2.12. The zero-order valence-corrected chi connectivity index (χ0v) is 11.5. The Kier molecular flexibility index (Phi) is 6.51. The van der Waals surface area contributed by atoms with E-state index in [0.29, 0.717) is 5.69 Å². The van der Waals surface area contributed by atoms with Crippen molar-refractivity contribution in [2.75, 3.05) is 12.8 Å². The summed E-state index contributed by atoms with van der Waals surface area (Å²) in [5.41, 5.74) is 6.23. The summed E-state index contributed by atoms with van der Waals surface area (Å²) in [5, 5.41) is 2.70. The number of nitrogens with one attached hydrogen (secondary N) is 1. The van der Waals surface area contributed by atoms with Crippen LogP contribution in [0, 0.1) is 0 Å². The van der Waals surface area contributed by atoms with Gasteiger partial charge in [0.05, 0.1) is 17.7 Å². The topological polar surface area (TPSA) is 81.4 Å². The van der Waals surface area contributed by atoms with Crippen molar-refractivity contribution in [1.29, 1.82) is 0 Å². The van der Waals surface area contributed by atoms with Crippen molar-refractivity contribution in [3.63, 3.8) is 0 Å². The maximum Gasteiger partial charge on any atom is 0.328 e. The molecule has 7 heteroatoms. The molecule has 1 aromatic carbocycles. The second kappa shape index (κ2) is 7.08. The Morgan fingerprint density at radius 1 is 1.44 bits per heavy atom. The van der Waals surface area contributed by atoms with Crippen molar-refractivity contribution in [2.45, 2.75) is 13.0 Å². The molecular weight excluding hydrogens is 279 g/mol. The van der Waals surface area contributed by atoms with E-state index in [1.807, 2.05) is 0 Å². The van der Waals surface area contributed by atoms with E-state index in [-0.39, 0.29) is 23.0 Å². The number of nitrogen functional groups attached to an aromatic ring is 1.